The molecular formula is C16H20FNS. The smallest absolute Gasteiger partial charge is 0.123 e. The summed E-state index contributed by atoms with van der Waals surface area (Å²) in [6.07, 6.45) is 2.28. The lowest BCUT2D eigenvalue weighted by Gasteiger charge is -2.17. The van der Waals surface area contributed by atoms with E-state index in [4.69, 9.17) is 0 Å². The van der Waals surface area contributed by atoms with Crippen LogP contribution in [0.3, 0.4) is 0 Å². The third-order valence-electron chi connectivity index (χ3n) is 3.31. The normalized spacial score (nSPS) is 12.6. The third-order valence-corrected chi connectivity index (χ3v) is 4.29. The number of benzene rings is 1. The second-order valence-electron chi connectivity index (χ2n) is 4.81. The van der Waals surface area contributed by atoms with Crippen LogP contribution in [0.4, 0.5) is 4.39 Å². The van der Waals surface area contributed by atoms with E-state index in [1.165, 1.54) is 16.5 Å². The highest BCUT2D eigenvalue weighted by Crippen LogP contribution is 2.24. The maximum absolute atomic E-state index is 13.1. The zero-order valence-corrected chi connectivity index (χ0v) is 12.3. The molecule has 0 amide bonds. The van der Waals surface area contributed by atoms with Crippen LogP contribution in [-0.2, 0) is 6.54 Å². The molecule has 0 saturated heterocycles. The number of rotatable bonds is 6. The molecule has 1 aromatic carbocycles. The number of nitrogens with one attached hydrogen (secondary N) is 1. The molecule has 0 bridgehead atoms. The molecule has 2 aromatic rings. The molecule has 0 spiro atoms. The molecule has 1 aromatic heterocycles. The average Bonchev–Trinajstić information content (AvgIpc) is 2.90. The topological polar surface area (TPSA) is 12.0 Å². The van der Waals surface area contributed by atoms with Crippen molar-refractivity contribution in [3.63, 3.8) is 0 Å². The Bertz CT molecular complexity index is 507. The Morgan fingerprint density at radius 3 is 2.79 bits per heavy atom. The summed E-state index contributed by atoms with van der Waals surface area (Å²) in [6, 6.07) is 9.66. The van der Waals surface area contributed by atoms with Crippen molar-refractivity contribution in [2.45, 2.75) is 39.3 Å². The first-order valence-electron chi connectivity index (χ1n) is 6.72. The molecule has 1 nitrogen and oxygen atoms in total. The first-order chi connectivity index (χ1) is 9.20. The fourth-order valence-corrected chi connectivity index (χ4v) is 3.05. The van der Waals surface area contributed by atoms with Crippen LogP contribution >= 0.6 is 11.3 Å². The molecule has 3 heteroatoms. The van der Waals surface area contributed by atoms with Crippen molar-refractivity contribution in [1.29, 1.82) is 0 Å². The van der Waals surface area contributed by atoms with E-state index >= 15 is 0 Å². The largest absolute Gasteiger partial charge is 0.305 e. The van der Waals surface area contributed by atoms with E-state index in [1.807, 2.05) is 13.0 Å². The molecule has 0 saturated carbocycles. The number of thiophene rings is 1. The minimum atomic E-state index is -0.162. The van der Waals surface area contributed by atoms with Gasteiger partial charge in [-0.25, -0.2) is 4.39 Å². The average molecular weight is 277 g/mol. The number of aryl methyl sites for hydroxylation is 1. The van der Waals surface area contributed by atoms with E-state index < -0.39 is 0 Å². The maximum atomic E-state index is 13.1. The fourth-order valence-electron chi connectivity index (χ4n) is 2.21. The lowest BCUT2D eigenvalue weighted by Crippen LogP contribution is -2.20. The van der Waals surface area contributed by atoms with E-state index in [1.54, 1.807) is 17.4 Å². The third kappa shape index (κ3) is 3.88. The minimum absolute atomic E-state index is 0.162. The Kier molecular flexibility index (Phi) is 5.11. The number of halogens is 1. The Morgan fingerprint density at radius 2 is 2.16 bits per heavy atom. The molecule has 19 heavy (non-hydrogen) atoms. The van der Waals surface area contributed by atoms with Crippen LogP contribution in [0, 0.1) is 12.7 Å². The molecule has 1 heterocycles. The van der Waals surface area contributed by atoms with Crippen molar-refractivity contribution in [2.24, 2.45) is 0 Å². The summed E-state index contributed by atoms with van der Waals surface area (Å²) in [5.41, 5.74) is 2.17. The van der Waals surface area contributed by atoms with Crippen molar-refractivity contribution in [1.82, 2.24) is 5.32 Å². The van der Waals surface area contributed by atoms with Gasteiger partial charge in [0, 0.05) is 17.5 Å². The molecule has 2 rings (SSSR count). The lowest BCUT2D eigenvalue weighted by molar-refractivity contribution is 0.499. The highest BCUT2D eigenvalue weighted by molar-refractivity contribution is 7.10. The van der Waals surface area contributed by atoms with Gasteiger partial charge in [0.05, 0.1) is 0 Å². The minimum Gasteiger partial charge on any atom is -0.305 e. The fraction of sp³-hybridized carbons (Fsp3) is 0.375. The van der Waals surface area contributed by atoms with Crippen molar-refractivity contribution in [3.8, 4) is 0 Å². The summed E-state index contributed by atoms with van der Waals surface area (Å²) >= 11 is 1.79. The predicted octanol–water partition coefficient (Wildman–Crippen LogP) is 4.83. The summed E-state index contributed by atoms with van der Waals surface area (Å²) in [5.74, 6) is -0.162. The van der Waals surface area contributed by atoms with Gasteiger partial charge < -0.3 is 5.32 Å². The second-order valence-corrected chi connectivity index (χ2v) is 5.79. The van der Waals surface area contributed by atoms with E-state index in [0.717, 1.165) is 24.9 Å². The molecule has 1 unspecified atom stereocenters. The highest BCUT2D eigenvalue weighted by atomic mass is 32.1. The number of hydrogen-bond acceptors (Lipinski definition) is 2. The van der Waals surface area contributed by atoms with Crippen LogP contribution in [0.25, 0.3) is 0 Å². The van der Waals surface area contributed by atoms with Gasteiger partial charge in [0.15, 0.2) is 0 Å². The van der Waals surface area contributed by atoms with Gasteiger partial charge in [-0.1, -0.05) is 25.5 Å². The summed E-state index contributed by atoms with van der Waals surface area (Å²) in [6.45, 7) is 4.94. The van der Waals surface area contributed by atoms with Crippen LogP contribution < -0.4 is 5.32 Å². The van der Waals surface area contributed by atoms with Gasteiger partial charge in [0.2, 0.25) is 0 Å². The van der Waals surface area contributed by atoms with Crippen LogP contribution in [0.2, 0.25) is 0 Å². The van der Waals surface area contributed by atoms with E-state index in [-0.39, 0.29) is 5.82 Å². The van der Waals surface area contributed by atoms with Crippen molar-refractivity contribution in [2.75, 3.05) is 0 Å². The second kappa shape index (κ2) is 6.83. The quantitative estimate of drug-likeness (QED) is 0.797. The molecule has 0 radical (unpaired) electrons. The van der Waals surface area contributed by atoms with Gasteiger partial charge in [-0.05, 0) is 48.1 Å². The Morgan fingerprint density at radius 1 is 1.32 bits per heavy atom. The molecule has 0 aliphatic rings. The zero-order valence-electron chi connectivity index (χ0n) is 11.4. The molecular weight excluding hydrogens is 257 g/mol. The van der Waals surface area contributed by atoms with Gasteiger partial charge in [0.25, 0.3) is 0 Å². The molecule has 0 fully saturated rings. The summed E-state index contributed by atoms with van der Waals surface area (Å²) < 4.78 is 13.1. The van der Waals surface area contributed by atoms with E-state index in [0.29, 0.717) is 6.04 Å². The van der Waals surface area contributed by atoms with Crippen LogP contribution in [0.5, 0.6) is 0 Å². The van der Waals surface area contributed by atoms with Gasteiger partial charge >= 0.3 is 0 Å². The molecule has 1 N–H and O–H groups in total. The van der Waals surface area contributed by atoms with E-state index in [9.17, 15) is 4.39 Å². The van der Waals surface area contributed by atoms with Gasteiger partial charge in [-0.2, -0.15) is 0 Å². The summed E-state index contributed by atoms with van der Waals surface area (Å²) in [5, 5.41) is 5.70. The number of hydrogen-bond donors (Lipinski definition) is 1. The first kappa shape index (κ1) is 14.2. The van der Waals surface area contributed by atoms with Crippen molar-refractivity contribution in [3.05, 3.63) is 57.5 Å². The Balaban J connectivity index is 2.02. The van der Waals surface area contributed by atoms with Gasteiger partial charge in [-0.15, -0.1) is 11.3 Å². The van der Waals surface area contributed by atoms with Crippen molar-refractivity contribution < 1.29 is 4.39 Å². The Hall–Kier alpha value is -1.19. The van der Waals surface area contributed by atoms with Crippen LogP contribution in [-0.4, -0.2) is 0 Å². The van der Waals surface area contributed by atoms with Crippen LogP contribution in [0.15, 0.2) is 35.7 Å². The van der Waals surface area contributed by atoms with E-state index in [2.05, 4.69) is 29.8 Å². The van der Waals surface area contributed by atoms with Gasteiger partial charge in [0.1, 0.15) is 5.82 Å². The summed E-state index contributed by atoms with van der Waals surface area (Å²) in [7, 11) is 0. The van der Waals surface area contributed by atoms with Gasteiger partial charge in [-0.3, -0.25) is 0 Å². The maximum Gasteiger partial charge on any atom is 0.123 e. The first-order valence-corrected chi connectivity index (χ1v) is 7.60. The van der Waals surface area contributed by atoms with Crippen LogP contribution in [0.1, 0.15) is 41.8 Å². The zero-order chi connectivity index (χ0) is 13.7. The molecule has 0 aliphatic heterocycles. The standard InChI is InChI=1S/C16H20FNS/c1-3-5-15(16-6-4-9-19-16)18-11-13-7-8-14(17)10-12(13)2/h4,6-10,15,18H,3,5,11H2,1-2H3. The monoisotopic (exact) mass is 277 g/mol. The Labute approximate surface area is 118 Å². The lowest BCUT2D eigenvalue weighted by atomic mass is 10.1. The summed E-state index contributed by atoms with van der Waals surface area (Å²) in [4.78, 5) is 1.38. The highest BCUT2D eigenvalue weighted by Gasteiger charge is 2.11. The predicted molar refractivity (Wildman–Crippen MR) is 79.9 cm³/mol. The van der Waals surface area contributed by atoms with Crippen molar-refractivity contribution >= 4 is 11.3 Å². The molecule has 1 atom stereocenters. The molecule has 0 aliphatic carbocycles. The molecule has 102 valence electrons. The SMILES string of the molecule is CCCC(NCc1ccc(F)cc1C)c1cccs1.